The number of nitrogens with zero attached hydrogens (tertiary/aromatic N) is 1. The molecule has 5 nitrogen and oxygen atoms in total. The second-order valence-corrected chi connectivity index (χ2v) is 6.65. The predicted octanol–water partition coefficient (Wildman–Crippen LogP) is 2.50. The number of fused-ring (bicyclic) bond motifs is 1. The van der Waals surface area contributed by atoms with Gasteiger partial charge in [0, 0.05) is 6.54 Å². The van der Waals surface area contributed by atoms with Crippen LogP contribution in [0, 0.1) is 0 Å². The first-order chi connectivity index (χ1) is 13.2. The Morgan fingerprint density at radius 2 is 1.71 bits per heavy atom. The fourth-order valence-electron chi connectivity index (χ4n) is 2.89. The van der Waals surface area contributed by atoms with Crippen molar-refractivity contribution in [3.8, 4) is 0 Å². The molecule has 2 N–H and O–H groups in total. The van der Waals surface area contributed by atoms with E-state index in [1.165, 1.54) is 7.05 Å². The molecule has 0 aliphatic carbocycles. The maximum absolute atomic E-state index is 12.2. The van der Waals surface area contributed by atoms with Gasteiger partial charge >= 0.3 is 6.18 Å². The molecule has 0 aliphatic rings. The summed E-state index contributed by atoms with van der Waals surface area (Å²) in [5.74, 6) is -0.638. The highest BCUT2D eigenvalue weighted by Crippen LogP contribution is 2.18. The summed E-state index contributed by atoms with van der Waals surface area (Å²) in [5, 5.41) is 7.19. The molecule has 2 rings (SSSR count). The van der Waals surface area contributed by atoms with Crippen molar-refractivity contribution in [1.29, 1.82) is 0 Å². The quantitative estimate of drug-likeness (QED) is 0.642. The van der Waals surface area contributed by atoms with E-state index in [0.29, 0.717) is 6.42 Å². The smallest absolute Gasteiger partial charge is 0.355 e. The van der Waals surface area contributed by atoms with Crippen LogP contribution in [-0.4, -0.2) is 56.1 Å². The average Bonchev–Trinajstić information content (AvgIpc) is 2.62. The van der Waals surface area contributed by atoms with Crippen molar-refractivity contribution in [2.24, 2.45) is 0 Å². The van der Waals surface area contributed by atoms with E-state index in [4.69, 9.17) is 0 Å². The van der Waals surface area contributed by atoms with E-state index in [-0.39, 0.29) is 37.9 Å². The number of hydrogen-bond acceptors (Lipinski definition) is 3. The first-order valence-electron chi connectivity index (χ1n) is 9.00. The maximum atomic E-state index is 12.2. The molecule has 152 valence electrons. The Balaban J connectivity index is 1.68. The number of nitrogens with one attached hydrogen (secondary N) is 2. The van der Waals surface area contributed by atoms with Gasteiger partial charge in [0.25, 0.3) is 0 Å². The van der Waals surface area contributed by atoms with Crippen LogP contribution < -0.4 is 10.6 Å². The number of rotatable bonds is 9. The third kappa shape index (κ3) is 7.56. The van der Waals surface area contributed by atoms with Gasteiger partial charge < -0.3 is 10.6 Å². The van der Waals surface area contributed by atoms with E-state index >= 15 is 0 Å². The van der Waals surface area contributed by atoms with Gasteiger partial charge in [-0.25, -0.2) is 0 Å². The van der Waals surface area contributed by atoms with Gasteiger partial charge in [-0.1, -0.05) is 42.5 Å². The van der Waals surface area contributed by atoms with Crippen molar-refractivity contribution in [2.75, 3.05) is 33.2 Å². The summed E-state index contributed by atoms with van der Waals surface area (Å²) >= 11 is 0. The van der Waals surface area contributed by atoms with Crippen LogP contribution in [-0.2, 0) is 16.0 Å². The van der Waals surface area contributed by atoms with Gasteiger partial charge in [-0.3, -0.25) is 14.5 Å². The number of alkyl halides is 3. The highest BCUT2D eigenvalue weighted by molar-refractivity contribution is 5.91. The number of hydrogen-bond donors (Lipinski definition) is 2. The van der Waals surface area contributed by atoms with Gasteiger partial charge in [-0.2, -0.15) is 13.2 Å². The van der Waals surface area contributed by atoms with Crippen LogP contribution >= 0.6 is 0 Å². The van der Waals surface area contributed by atoms with Gasteiger partial charge in [0.15, 0.2) is 0 Å². The lowest BCUT2D eigenvalue weighted by atomic mass is 10.0. The van der Waals surface area contributed by atoms with Gasteiger partial charge in [0.2, 0.25) is 11.8 Å². The summed E-state index contributed by atoms with van der Waals surface area (Å²) in [6, 6.07) is 13.5. The first-order valence-corrected chi connectivity index (χ1v) is 9.00. The van der Waals surface area contributed by atoms with Crippen LogP contribution in [0.25, 0.3) is 10.8 Å². The molecule has 0 radical (unpaired) electrons. The molecule has 0 atom stereocenters. The zero-order chi connectivity index (χ0) is 20.6. The molecule has 0 heterocycles. The van der Waals surface area contributed by atoms with Crippen LogP contribution in [0.3, 0.4) is 0 Å². The zero-order valence-electron chi connectivity index (χ0n) is 15.7. The third-order valence-corrected chi connectivity index (χ3v) is 4.17. The van der Waals surface area contributed by atoms with Crippen molar-refractivity contribution in [3.05, 3.63) is 48.0 Å². The van der Waals surface area contributed by atoms with Gasteiger partial charge in [0.1, 0.15) is 0 Å². The Hall–Kier alpha value is -2.61. The zero-order valence-corrected chi connectivity index (χ0v) is 15.7. The van der Waals surface area contributed by atoms with E-state index < -0.39 is 12.7 Å². The van der Waals surface area contributed by atoms with E-state index in [9.17, 15) is 22.8 Å². The van der Waals surface area contributed by atoms with Crippen molar-refractivity contribution < 1.29 is 22.8 Å². The molecule has 0 unspecified atom stereocenters. The summed E-state index contributed by atoms with van der Waals surface area (Å²) < 4.78 is 36.6. The van der Waals surface area contributed by atoms with Crippen molar-refractivity contribution in [2.45, 2.75) is 19.0 Å². The molecule has 2 aromatic carbocycles. The van der Waals surface area contributed by atoms with Crippen LogP contribution in [0.15, 0.2) is 42.5 Å². The molecule has 0 bridgehead atoms. The van der Waals surface area contributed by atoms with Crippen LogP contribution in [0.1, 0.15) is 12.0 Å². The SMILES string of the molecule is CN(CCCNC(=O)CNC(=O)Cc1cccc2ccccc12)CC(F)(F)F. The molecule has 2 aromatic rings. The Morgan fingerprint density at radius 1 is 1.00 bits per heavy atom. The van der Waals surface area contributed by atoms with Gasteiger partial charge in [-0.15, -0.1) is 0 Å². The summed E-state index contributed by atoms with van der Waals surface area (Å²) in [7, 11) is 1.38. The van der Waals surface area contributed by atoms with E-state index in [0.717, 1.165) is 21.2 Å². The minimum Gasteiger partial charge on any atom is -0.355 e. The number of halogens is 3. The van der Waals surface area contributed by atoms with Crippen molar-refractivity contribution in [3.63, 3.8) is 0 Å². The van der Waals surface area contributed by atoms with Gasteiger partial charge in [-0.05, 0) is 36.3 Å². The number of amides is 2. The van der Waals surface area contributed by atoms with Crippen LogP contribution in [0.2, 0.25) is 0 Å². The second-order valence-electron chi connectivity index (χ2n) is 6.65. The van der Waals surface area contributed by atoms with E-state index in [1.807, 2.05) is 42.5 Å². The van der Waals surface area contributed by atoms with E-state index in [2.05, 4.69) is 10.6 Å². The minimum absolute atomic E-state index is 0.164. The Labute approximate surface area is 161 Å². The molecule has 0 aliphatic heterocycles. The fourth-order valence-corrected chi connectivity index (χ4v) is 2.89. The topological polar surface area (TPSA) is 61.4 Å². The standard InChI is InChI=1S/C20H24F3N3O2/c1-26(14-20(21,22)23)11-5-10-24-19(28)13-25-18(27)12-16-8-4-7-15-6-2-3-9-17(15)16/h2-4,6-9H,5,10-14H2,1H3,(H,24,28)(H,25,27). The average molecular weight is 395 g/mol. The highest BCUT2D eigenvalue weighted by atomic mass is 19.4. The monoisotopic (exact) mass is 395 g/mol. The molecular weight excluding hydrogens is 371 g/mol. The van der Waals surface area contributed by atoms with Crippen molar-refractivity contribution >= 4 is 22.6 Å². The Morgan fingerprint density at radius 3 is 2.46 bits per heavy atom. The molecule has 0 spiro atoms. The van der Waals surface area contributed by atoms with Crippen molar-refractivity contribution in [1.82, 2.24) is 15.5 Å². The minimum atomic E-state index is -4.23. The lowest BCUT2D eigenvalue weighted by Crippen LogP contribution is -2.39. The summed E-state index contributed by atoms with van der Waals surface area (Å²) in [4.78, 5) is 25.0. The molecule has 0 fully saturated rings. The largest absolute Gasteiger partial charge is 0.401 e. The molecule has 0 aromatic heterocycles. The molecule has 8 heteroatoms. The third-order valence-electron chi connectivity index (χ3n) is 4.17. The summed E-state index contributed by atoms with van der Waals surface area (Å²) in [6.07, 6.45) is -3.68. The second kappa shape index (κ2) is 10.1. The first kappa shape index (κ1) is 21.7. The lowest BCUT2D eigenvalue weighted by Gasteiger charge is -2.18. The van der Waals surface area contributed by atoms with Gasteiger partial charge in [0.05, 0.1) is 19.5 Å². The van der Waals surface area contributed by atoms with Crippen LogP contribution in [0.5, 0.6) is 0 Å². The molecule has 28 heavy (non-hydrogen) atoms. The maximum Gasteiger partial charge on any atom is 0.401 e. The predicted molar refractivity (Wildman–Crippen MR) is 102 cm³/mol. The number of benzene rings is 2. The summed E-state index contributed by atoms with van der Waals surface area (Å²) in [5.41, 5.74) is 0.878. The van der Waals surface area contributed by atoms with Crippen LogP contribution in [0.4, 0.5) is 13.2 Å². The van der Waals surface area contributed by atoms with E-state index in [1.54, 1.807) is 0 Å². The fraction of sp³-hybridized carbons (Fsp3) is 0.400. The molecule has 0 saturated heterocycles. The number of carbonyl (C=O) groups is 2. The Kier molecular flexibility index (Phi) is 7.80. The lowest BCUT2D eigenvalue weighted by molar-refractivity contribution is -0.143. The summed E-state index contributed by atoms with van der Waals surface area (Å²) in [6.45, 7) is -0.680. The number of carbonyl (C=O) groups excluding carboxylic acids is 2. The molecule has 0 saturated carbocycles. The molecular formula is C20H24F3N3O2. The Bertz CT molecular complexity index is 803. The highest BCUT2D eigenvalue weighted by Gasteiger charge is 2.28. The molecule has 2 amide bonds. The normalized spacial score (nSPS) is 11.6.